The van der Waals surface area contributed by atoms with Crippen LogP contribution >= 0.6 is 0 Å². The minimum Gasteiger partial charge on any atom is -0.464 e. The molecule has 0 aromatic carbocycles. The van der Waals surface area contributed by atoms with E-state index < -0.39 is 11.6 Å². The van der Waals surface area contributed by atoms with Gasteiger partial charge in [0, 0.05) is 5.92 Å². The molecule has 1 N–H and O–H groups in total. The van der Waals surface area contributed by atoms with E-state index in [1.165, 1.54) is 0 Å². The molecule has 0 amide bonds. The lowest BCUT2D eigenvalue weighted by atomic mass is 9.62. The third-order valence-electron chi connectivity index (χ3n) is 4.57. The van der Waals surface area contributed by atoms with E-state index in [0.29, 0.717) is 24.4 Å². The Kier molecular flexibility index (Phi) is 5.43. The Bertz CT molecular complexity index is 311. The highest BCUT2D eigenvalue weighted by molar-refractivity contribution is 5.79. The summed E-state index contributed by atoms with van der Waals surface area (Å²) in [6, 6.07) is 0. The maximum absolute atomic E-state index is 12.2. The number of hydrogen-bond donors (Lipinski definition) is 1. The number of hydrogen-bond acceptors (Lipinski definition) is 3. The van der Waals surface area contributed by atoms with Crippen molar-refractivity contribution in [2.24, 2.45) is 17.3 Å². The number of ether oxygens (including phenoxy) is 1. The van der Waals surface area contributed by atoms with Crippen LogP contribution in [-0.2, 0) is 9.53 Å². The normalized spacial score (nSPS) is 29.6. The highest BCUT2D eigenvalue weighted by Crippen LogP contribution is 2.47. The summed E-state index contributed by atoms with van der Waals surface area (Å²) in [5, 5.41) is 10.9. The van der Waals surface area contributed by atoms with Gasteiger partial charge in [0.1, 0.15) is 0 Å². The van der Waals surface area contributed by atoms with Crippen molar-refractivity contribution in [1.29, 1.82) is 0 Å². The first kappa shape index (κ1) is 16.5. The van der Waals surface area contributed by atoms with Crippen LogP contribution in [0.15, 0.2) is 0 Å². The Hall–Kier alpha value is -0.570. The fraction of sp³-hybridized carbons (Fsp3) is 0.938. The van der Waals surface area contributed by atoms with Crippen LogP contribution in [0.1, 0.15) is 66.7 Å². The number of esters is 1. The second-order valence-electron chi connectivity index (χ2n) is 6.89. The van der Waals surface area contributed by atoms with Crippen LogP contribution in [-0.4, -0.2) is 23.3 Å². The molecule has 0 bridgehead atoms. The van der Waals surface area contributed by atoms with Gasteiger partial charge < -0.3 is 9.84 Å². The summed E-state index contributed by atoms with van der Waals surface area (Å²) in [6.45, 7) is 10.8. The van der Waals surface area contributed by atoms with Crippen LogP contribution < -0.4 is 0 Å². The standard InChI is InChI=1S/C16H30O3/c1-6-9-16(18,14(17)19-7-2)13-8-10-15(4,5)11-12(13)3/h12-13,18H,6-11H2,1-5H3. The molecule has 0 heterocycles. The molecule has 0 saturated heterocycles. The zero-order valence-corrected chi connectivity index (χ0v) is 13.2. The van der Waals surface area contributed by atoms with E-state index in [4.69, 9.17) is 4.74 Å². The molecule has 1 fully saturated rings. The van der Waals surface area contributed by atoms with E-state index in [1.807, 2.05) is 6.92 Å². The van der Waals surface area contributed by atoms with Gasteiger partial charge in [0.05, 0.1) is 6.61 Å². The molecule has 1 aliphatic rings. The Labute approximate surface area is 117 Å². The average molecular weight is 270 g/mol. The summed E-state index contributed by atoms with van der Waals surface area (Å²) in [7, 11) is 0. The molecule has 0 aliphatic heterocycles. The van der Waals surface area contributed by atoms with Crippen LogP contribution in [0.25, 0.3) is 0 Å². The molecule has 112 valence electrons. The molecule has 0 aromatic heterocycles. The van der Waals surface area contributed by atoms with Crippen LogP contribution in [0.4, 0.5) is 0 Å². The van der Waals surface area contributed by atoms with Gasteiger partial charge in [-0.15, -0.1) is 0 Å². The van der Waals surface area contributed by atoms with Gasteiger partial charge in [0.25, 0.3) is 0 Å². The van der Waals surface area contributed by atoms with Crippen LogP contribution in [0.2, 0.25) is 0 Å². The highest BCUT2D eigenvalue weighted by atomic mass is 16.5. The number of carbonyl (C=O) groups is 1. The van der Waals surface area contributed by atoms with Gasteiger partial charge in [-0.1, -0.05) is 34.1 Å². The second-order valence-corrected chi connectivity index (χ2v) is 6.89. The van der Waals surface area contributed by atoms with Crippen molar-refractivity contribution < 1.29 is 14.6 Å². The van der Waals surface area contributed by atoms with Crippen LogP contribution in [0, 0.1) is 17.3 Å². The Morgan fingerprint density at radius 3 is 2.53 bits per heavy atom. The van der Waals surface area contributed by atoms with Crippen molar-refractivity contribution in [1.82, 2.24) is 0 Å². The third-order valence-corrected chi connectivity index (χ3v) is 4.57. The summed E-state index contributed by atoms with van der Waals surface area (Å²) in [6.07, 6.45) is 4.32. The molecule has 0 aromatic rings. The SMILES string of the molecule is CCCC(O)(C(=O)OCC)C1CCC(C)(C)CC1C. The van der Waals surface area contributed by atoms with Crippen molar-refractivity contribution in [3.05, 3.63) is 0 Å². The minimum atomic E-state index is -1.29. The summed E-state index contributed by atoms with van der Waals surface area (Å²) < 4.78 is 5.12. The summed E-state index contributed by atoms with van der Waals surface area (Å²) in [5.41, 5.74) is -0.974. The lowest BCUT2D eigenvalue weighted by molar-refractivity contribution is -0.178. The molecule has 3 unspecified atom stereocenters. The molecular formula is C16H30O3. The van der Waals surface area contributed by atoms with Gasteiger partial charge in [0.15, 0.2) is 5.60 Å². The first-order valence-electron chi connectivity index (χ1n) is 7.66. The van der Waals surface area contributed by atoms with Crippen molar-refractivity contribution in [2.75, 3.05) is 6.61 Å². The second kappa shape index (κ2) is 6.25. The molecular weight excluding hydrogens is 240 g/mol. The molecule has 0 radical (unpaired) electrons. The summed E-state index contributed by atoms with van der Waals surface area (Å²) in [4.78, 5) is 12.2. The lowest BCUT2D eigenvalue weighted by Gasteiger charge is -2.45. The molecule has 3 atom stereocenters. The summed E-state index contributed by atoms with van der Waals surface area (Å²) in [5.74, 6) is -0.0439. The number of aliphatic hydroxyl groups is 1. The van der Waals surface area contributed by atoms with Gasteiger partial charge >= 0.3 is 5.97 Å². The zero-order valence-electron chi connectivity index (χ0n) is 13.2. The predicted octanol–water partition coefficient (Wildman–Crippen LogP) is 3.54. The fourth-order valence-electron chi connectivity index (χ4n) is 3.73. The molecule has 3 heteroatoms. The van der Waals surface area contributed by atoms with E-state index in [9.17, 15) is 9.90 Å². The van der Waals surface area contributed by atoms with E-state index in [0.717, 1.165) is 25.7 Å². The van der Waals surface area contributed by atoms with Crippen LogP contribution in [0.5, 0.6) is 0 Å². The van der Waals surface area contributed by atoms with Gasteiger partial charge in [-0.05, 0) is 43.9 Å². The zero-order chi connectivity index (χ0) is 14.7. The van der Waals surface area contributed by atoms with E-state index in [1.54, 1.807) is 6.92 Å². The largest absolute Gasteiger partial charge is 0.464 e. The smallest absolute Gasteiger partial charge is 0.338 e. The first-order valence-corrected chi connectivity index (χ1v) is 7.66. The van der Waals surface area contributed by atoms with E-state index in [2.05, 4.69) is 20.8 Å². The van der Waals surface area contributed by atoms with Crippen molar-refractivity contribution >= 4 is 5.97 Å². The molecule has 19 heavy (non-hydrogen) atoms. The fourth-order valence-corrected chi connectivity index (χ4v) is 3.73. The monoisotopic (exact) mass is 270 g/mol. The van der Waals surface area contributed by atoms with Crippen molar-refractivity contribution in [3.8, 4) is 0 Å². The third kappa shape index (κ3) is 3.71. The molecule has 0 spiro atoms. The average Bonchev–Trinajstić information content (AvgIpc) is 2.27. The minimum absolute atomic E-state index is 0.0273. The predicted molar refractivity (Wildman–Crippen MR) is 76.8 cm³/mol. The molecule has 1 aliphatic carbocycles. The maximum atomic E-state index is 12.2. The van der Waals surface area contributed by atoms with E-state index in [-0.39, 0.29) is 5.92 Å². The van der Waals surface area contributed by atoms with Crippen LogP contribution in [0.3, 0.4) is 0 Å². The van der Waals surface area contributed by atoms with Gasteiger partial charge in [-0.25, -0.2) is 4.79 Å². The maximum Gasteiger partial charge on any atom is 0.338 e. The quantitative estimate of drug-likeness (QED) is 0.777. The molecule has 1 saturated carbocycles. The molecule has 3 nitrogen and oxygen atoms in total. The Morgan fingerprint density at radius 2 is 2.05 bits per heavy atom. The van der Waals surface area contributed by atoms with Crippen molar-refractivity contribution in [2.45, 2.75) is 72.3 Å². The van der Waals surface area contributed by atoms with E-state index >= 15 is 0 Å². The first-order chi connectivity index (χ1) is 8.77. The van der Waals surface area contributed by atoms with Crippen molar-refractivity contribution in [3.63, 3.8) is 0 Å². The topological polar surface area (TPSA) is 46.5 Å². The number of rotatable bonds is 5. The highest BCUT2D eigenvalue weighted by Gasteiger charge is 2.49. The molecule has 1 rings (SSSR count). The van der Waals surface area contributed by atoms with Gasteiger partial charge in [-0.2, -0.15) is 0 Å². The Balaban J connectivity index is 2.90. The van der Waals surface area contributed by atoms with Gasteiger partial charge in [0.2, 0.25) is 0 Å². The summed E-state index contributed by atoms with van der Waals surface area (Å²) >= 11 is 0. The Morgan fingerprint density at radius 1 is 1.42 bits per heavy atom. The number of carbonyl (C=O) groups excluding carboxylic acids is 1. The van der Waals surface area contributed by atoms with Gasteiger partial charge in [-0.3, -0.25) is 0 Å². The lowest BCUT2D eigenvalue weighted by Crippen LogP contribution is -2.51.